The number of anilines is 1. The van der Waals surface area contributed by atoms with E-state index in [1.807, 2.05) is 36.4 Å². The van der Waals surface area contributed by atoms with Crippen LogP contribution >= 0.6 is 0 Å². The van der Waals surface area contributed by atoms with E-state index in [9.17, 15) is 19.5 Å². The van der Waals surface area contributed by atoms with E-state index in [-0.39, 0.29) is 30.3 Å². The maximum Gasteiger partial charge on any atom is 0.407 e. The summed E-state index contributed by atoms with van der Waals surface area (Å²) in [6, 6.07) is 20.8. The van der Waals surface area contributed by atoms with Gasteiger partial charge in [0, 0.05) is 5.92 Å². The first-order valence-corrected chi connectivity index (χ1v) is 10.7. The van der Waals surface area contributed by atoms with E-state index in [0.29, 0.717) is 0 Å². The molecule has 7 nitrogen and oxygen atoms in total. The van der Waals surface area contributed by atoms with Crippen molar-refractivity contribution in [2.75, 3.05) is 18.5 Å². The summed E-state index contributed by atoms with van der Waals surface area (Å²) < 4.78 is 5.41. The van der Waals surface area contributed by atoms with Crippen LogP contribution in [-0.2, 0) is 9.53 Å². The summed E-state index contributed by atoms with van der Waals surface area (Å²) in [5.74, 6) is 2.98. The van der Waals surface area contributed by atoms with Crippen LogP contribution in [0.5, 0.6) is 0 Å². The largest absolute Gasteiger partial charge is 0.478 e. The highest BCUT2D eigenvalue weighted by Gasteiger charge is 2.28. The number of nitrogens with one attached hydrogen (secondary N) is 2. The minimum atomic E-state index is -1.15. The Balaban J connectivity index is 1.29. The molecular weight excluding hydrogens is 432 g/mol. The number of hydrogen-bond acceptors (Lipinski definition) is 4. The summed E-state index contributed by atoms with van der Waals surface area (Å²) >= 11 is 0. The lowest BCUT2D eigenvalue weighted by Crippen LogP contribution is -2.26. The van der Waals surface area contributed by atoms with E-state index in [4.69, 9.17) is 4.74 Å². The van der Waals surface area contributed by atoms with Crippen molar-refractivity contribution < 1.29 is 24.2 Å². The Bertz CT molecular complexity index is 1290. The van der Waals surface area contributed by atoms with Gasteiger partial charge in [0.05, 0.1) is 17.8 Å². The van der Waals surface area contributed by atoms with E-state index >= 15 is 0 Å². The van der Waals surface area contributed by atoms with E-state index in [2.05, 4.69) is 34.6 Å². The summed E-state index contributed by atoms with van der Waals surface area (Å²) in [5, 5.41) is 14.2. The third-order valence-electron chi connectivity index (χ3n) is 5.52. The molecule has 0 aromatic heterocycles. The van der Waals surface area contributed by atoms with Gasteiger partial charge < -0.3 is 20.5 Å². The smallest absolute Gasteiger partial charge is 0.407 e. The Morgan fingerprint density at radius 2 is 1.62 bits per heavy atom. The second-order valence-corrected chi connectivity index (χ2v) is 7.79. The fourth-order valence-electron chi connectivity index (χ4n) is 3.99. The van der Waals surface area contributed by atoms with Gasteiger partial charge in [-0.1, -0.05) is 66.1 Å². The molecular formula is C27H22N2O5. The zero-order chi connectivity index (χ0) is 24.1. The Morgan fingerprint density at radius 1 is 0.971 bits per heavy atom. The van der Waals surface area contributed by atoms with Crippen molar-refractivity contribution in [3.63, 3.8) is 0 Å². The van der Waals surface area contributed by atoms with Crippen LogP contribution < -0.4 is 10.6 Å². The van der Waals surface area contributed by atoms with Crippen molar-refractivity contribution in [3.05, 3.63) is 89.0 Å². The van der Waals surface area contributed by atoms with Crippen molar-refractivity contribution in [1.29, 1.82) is 0 Å². The van der Waals surface area contributed by atoms with Crippen molar-refractivity contribution in [2.24, 2.45) is 0 Å². The zero-order valence-electron chi connectivity index (χ0n) is 18.4. The molecule has 4 rings (SSSR count). The Labute approximate surface area is 196 Å². The molecule has 3 aromatic carbocycles. The number of alkyl carbamates (subject to hydrolysis) is 1. The third kappa shape index (κ3) is 4.92. The molecule has 34 heavy (non-hydrogen) atoms. The molecule has 0 saturated carbocycles. The lowest BCUT2D eigenvalue weighted by molar-refractivity contribution is -0.111. The summed E-state index contributed by atoms with van der Waals surface area (Å²) in [4.78, 5) is 35.5. The van der Waals surface area contributed by atoms with Gasteiger partial charge in [-0.25, -0.2) is 9.59 Å². The van der Waals surface area contributed by atoms with Crippen LogP contribution in [0.15, 0.2) is 66.7 Å². The predicted molar refractivity (Wildman–Crippen MR) is 128 cm³/mol. The number of carboxylic acids is 1. The van der Waals surface area contributed by atoms with Crippen LogP contribution in [0, 0.1) is 18.8 Å². The minimum absolute atomic E-state index is 0.0214. The average Bonchev–Trinajstić information content (AvgIpc) is 3.15. The summed E-state index contributed by atoms with van der Waals surface area (Å²) in [7, 11) is 0. The summed E-state index contributed by atoms with van der Waals surface area (Å²) in [6.45, 7) is 1.84. The fraction of sp³-hybridized carbons (Fsp3) is 0.148. The van der Waals surface area contributed by atoms with Gasteiger partial charge >= 0.3 is 12.1 Å². The molecule has 0 saturated heterocycles. The van der Waals surface area contributed by atoms with Gasteiger partial charge in [-0.3, -0.25) is 4.79 Å². The molecule has 0 unspecified atom stereocenters. The molecule has 0 spiro atoms. The second kappa shape index (κ2) is 9.92. The number of aryl methyl sites for hydroxylation is 1. The van der Waals surface area contributed by atoms with Gasteiger partial charge in [0.25, 0.3) is 5.91 Å². The normalized spacial score (nSPS) is 11.4. The fourth-order valence-corrected chi connectivity index (χ4v) is 3.99. The average molecular weight is 454 g/mol. The van der Waals surface area contributed by atoms with Gasteiger partial charge in [0.15, 0.2) is 0 Å². The first-order chi connectivity index (χ1) is 16.4. The number of aromatic carboxylic acids is 1. The Kier molecular flexibility index (Phi) is 6.60. The van der Waals surface area contributed by atoms with E-state index < -0.39 is 18.0 Å². The first-order valence-electron chi connectivity index (χ1n) is 10.7. The first kappa shape index (κ1) is 22.6. The monoisotopic (exact) mass is 454 g/mol. The van der Waals surface area contributed by atoms with Gasteiger partial charge in [-0.05, 0) is 47.2 Å². The van der Waals surface area contributed by atoms with E-state index in [0.717, 1.165) is 27.8 Å². The predicted octanol–water partition coefficient (Wildman–Crippen LogP) is 4.17. The number of carboxylic acid groups (broad SMARTS) is 1. The molecule has 3 aromatic rings. The number of carbonyl (C=O) groups is 3. The molecule has 0 aliphatic heterocycles. The zero-order valence-corrected chi connectivity index (χ0v) is 18.4. The van der Waals surface area contributed by atoms with Gasteiger partial charge in [0.2, 0.25) is 0 Å². The topological polar surface area (TPSA) is 105 Å². The molecule has 0 fully saturated rings. The summed E-state index contributed by atoms with van der Waals surface area (Å²) in [6.07, 6.45) is -0.636. The van der Waals surface area contributed by atoms with Crippen molar-refractivity contribution in [1.82, 2.24) is 5.32 Å². The van der Waals surface area contributed by atoms with E-state index in [1.54, 1.807) is 13.0 Å². The Hall–Kier alpha value is -4.57. The summed E-state index contributed by atoms with van der Waals surface area (Å²) in [5.41, 5.74) is 5.41. The lowest BCUT2D eigenvalue weighted by atomic mass is 9.98. The van der Waals surface area contributed by atoms with Crippen LogP contribution in [0.2, 0.25) is 0 Å². The van der Waals surface area contributed by atoms with Crippen molar-refractivity contribution in [2.45, 2.75) is 12.8 Å². The molecule has 3 N–H and O–H groups in total. The highest BCUT2D eigenvalue weighted by atomic mass is 16.5. The highest BCUT2D eigenvalue weighted by Crippen LogP contribution is 2.44. The third-order valence-corrected chi connectivity index (χ3v) is 5.52. The van der Waals surface area contributed by atoms with Crippen LogP contribution in [0.1, 0.15) is 33.0 Å². The molecule has 1 aliphatic rings. The molecule has 2 amide bonds. The van der Waals surface area contributed by atoms with Gasteiger partial charge in [-0.2, -0.15) is 0 Å². The molecule has 0 radical (unpaired) electrons. The lowest BCUT2D eigenvalue weighted by Gasteiger charge is -2.14. The minimum Gasteiger partial charge on any atom is -0.478 e. The number of ether oxygens (including phenoxy) is 1. The number of rotatable bonds is 5. The van der Waals surface area contributed by atoms with Crippen LogP contribution in [0.4, 0.5) is 10.5 Å². The maximum absolute atomic E-state index is 12.1. The van der Waals surface area contributed by atoms with Crippen molar-refractivity contribution in [3.8, 4) is 23.0 Å². The molecule has 0 heterocycles. The number of fused-ring (bicyclic) bond motifs is 3. The van der Waals surface area contributed by atoms with Crippen molar-refractivity contribution >= 4 is 23.7 Å². The molecule has 0 atom stereocenters. The van der Waals surface area contributed by atoms with Crippen LogP contribution in [0.25, 0.3) is 11.1 Å². The molecule has 170 valence electrons. The van der Waals surface area contributed by atoms with Crippen LogP contribution in [-0.4, -0.2) is 36.2 Å². The van der Waals surface area contributed by atoms with Gasteiger partial charge in [-0.15, -0.1) is 0 Å². The number of carbonyl (C=O) groups excluding carboxylic acids is 2. The highest BCUT2D eigenvalue weighted by molar-refractivity contribution is 6.07. The standard InChI is InChI=1S/C27H22N2O5/c1-17-12-13-24(22(15-17)26(31)32)29-25(30)11-6-14-28-27(33)34-16-23-20-9-4-2-7-18(20)19-8-3-5-10-21(19)23/h2-5,7-10,12-13,15,23H,14,16H2,1H3,(H,28,33)(H,29,30)(H,31,32). The van der Waals surface area contributed by atoms with Gasteiger partial charge in [0.1, 0.15) is 6.61 Å². The molecule has 0 bridgehead atoms. The number of hydrogen-bond donors (Lipinski definition) is 3. The van der Waals surface area contributed by atoms with E-state index in [1.165, 1.54) is 12.1 Å². The molecule has 1 aliphatic carbocycles. The van der Waals surface area contributed by atoms with Crippen LogP contribution in [0.3, 0.4) is 0 Å². The second-order valence-electron chi connectivity index (χ2n) is 7.79. The SMILES string of the molecule is Cc1ccc(NC(=O)C#CCNC(=O)OCC2c3ccccc3-c3ccccc32)c(C(=O)O)c1. The number of amides is 2. The number of benzene rings is 3. The molecule has 7 heteroatoms. The quantitative estimate of drug-likeness (QED) is 0.502. The Morgan fingerprint density at radius 3 is 2.26 bits per heavy atom. The maximum atomic E-state index is 12.1.